The third-order valence-corrected chi connectivity index (χ3v) is 4.43. The fourth-order valence-electron chi connectivity index (χ4n) is 3.95. The average Bonchev–Trinajstić information content (AvgIpc) is 2.32. The molecule has 0 aliphatic heterocycles. The second-order valence-electron chi connectivity index (χ2n) is 5.80. The molecule has 3 nitrogen and oxygen atoms in total. The minimum absolute atomic E-state index is 0.172. The molecule has 4 aliphatic carbocycles. The van der Waals surface area contributed by atoms with Crippen LogP contribution in [0.25, 0.3) is 0 Å². The van der Waals surface area contributed by atoms with Crippen molar-refractivity contribution in [1.29, 1.82) is 0 Å². The normalized spacial score (nSPS) is 38.2. The molecule has 4 bridgehead atoms. The standard InChI is InChI=1S/C15H20O3/c1-3-14(16)17-9(2)18-15-12-5-10-4-11(7-12)8-13(15)6-10/h3,5,9-11,13,15H,1,4,6-8H2,2H3. The van der Waals surface area contributed by atoms with E-state index in [0.717, 1.165) is 11.8 Å². The predicted octanol–water partition coefficient (Wildman–Crippen LogP) is 2.82. The fourth-order valence-corrected chi connectivity index (χ4v) is 3.95. The Morgan fingerprint density at radius 1 is 1.50 bits per heavy atom. The molecule has 4 rings (SSSR count). The van der Waals surface area contributed by atoms with Gasteiger partial charge in [0.05, 0.1) is 6.10 Å². The quantitative estimate of drug-likeness (QED) is 0.332. The Morgan fingerprint density at radius 2 is 2.33 bits per heavy atom. The van der Waals surface area contributed by atoms with E-state index < -0.39 is 12.3 Å². The Labute approximate surface area is 108 Å². The second kappa shape index (κ2) is 4.54. The Kier molecular flexibility index (Phi) is 3.02. The van der Waals surface area contributed by atoms with Crippen molar-refractivity contribution in [3.8, 4) is 0 Å². The zero-order chi connectivity index (χ0) is 12.7. The summed E-state index contributed by atoms with van der Waals surface area (Å²) >= 11 is 0. The SMILES string of the molecule is C=CC(=O)OC(C)OC1C2=CC3CC(C2)CC1C3. The highest BCUT2D eigenvalue weighted by Gasteiger charge is 2.44. The Hall–Kier alpha value is -1.09. The number of allylic oxidation sites excluding steroid dienone is 1. The van der Waals surface area contributed by atoms with Gasteiger partial charge in [0.25, 0.3) is 0 Å². The molecule has 0 aromatic rings. The average molecular weight is 248 g/mol. The van der Waals surface area contributed by atoms with Gasteiger partial charge in [0.15, 0.2) is 0 Å². The van der Waals surface area contributed by atoms with E-state index in [2.05, 4.69) is 12.7 Å². The molecule has 4 aliphatic rings. The van der Waals surface area contributed by atoms with Gasteiger partial charge < -0.3 is 9.47 Å². The predicted molar refractivity (Wildman–Crippen MR) is 67.6 cm³/mol. The largest absolute Gasteiger partial charge is 0.433 e. The molecule has 0 N–H and O–H groups in total. The van der Waals surface area contributed by atoms with E-state index in [4.69, 9.17) is 9.47 Å². The summed E-state index contributed by atoms with van der Waals surface area (Å²) in [5.74, 6) is 1.87. The number of rotatable bonds is 4. The van der Waals surface area contributed by atoms with Crippen LogP contribution < -0.4 is 0 Å². The number of hydrogen-bond donors (Lipinski definition) is 0. The van der Waals surface area contributed by atoms with E-state index in [1.54, 1.807) is 6.92 Å². The molecule has 5 unspecified atom stereocenters. The Balaban J connectivity index is 1.65. The lowest BCUT2D eigenvalue weighted by Crippen LogP contribution is -2.44. The van der Waals surface area contributed by atoms with Gasteiger partial charge in [-0.3, -0.25) is 0 Å². The van der Waals surface area contributed by atoms with Crippen LogP contribution in [0, 0.1) is 17.8 Å². The number of ether oxygens (including phenoxy) is 2. The fraction of sp³-hybridized carbons (Fsp3) is 0.667. The zero-order valence-electron chi connectivity index (χ0n) is 10.8. The highest BCUT2D eigenvalue weighted by molar-refractivity contribution is 5.81. The molecule has 0 spiro atoms. The van der Waals surface area contributed by atoms with Crippen LogP contribution in [0.3, 0.4) is 0 Å². The van der Waals surface area contributed by atoms with E-state index in [0.29, 0.717) is 5.92 Å². The van der Waals surface area contributed by atoms with E-state index in [1.165, 1.54) is 37.3 Å². The molecule has 0 aromatic carbocycles. The summed E-state index contributed by atoms with van der Waals surface area (Å²) in [7, 11) is 0. The van der Waals surface area contributed by atoms with Crippen LogP contribution in [0.5, 0.6) is 0 Å². The maximum Gasteiger partial charge on any atom is 0.332 e. The van der Waals surface area contributed by atoms with E-state index in [1.807, 2.05) is 0 Å². The summed E-state index contributed by atoms with van der Waals surface area (Å²) in [5, 5.41) is 0. The van der Waals surface area contributed by atoms with Gasteiger partial charge in [-0.05, 0) is 55.9 Å². The van der Waals surface area contributed by atoms with Crippen molar-refractivity contribution >= 4 is 5.97 Å². The van der Waals surface area contributed by atoms with E-state index in [-0.39, 0.29) is 6.10 Å². The zero-order valence-corrected chi connectivity index (χ0v) is 10.8. The van der Waals surface area contributed by atoms with Crippen molar-refractivity contribution in [2.75, 3.05) is 0 Å². The highest BCUT2D eigenvalue weighted by atomic mass is 16.7. The van der Waals surface area contributed by atoms with Gasteiger partial charge in [-0.1, -0.05) is 12.7 Å². The van der Waals surface area contributed by atoms with Gasteiger partial charge in [-0.2, -0.15) is 0 Å². The summed E-state index contributed by atoms with van der Waals surface area (Å²) < 4.78 is 11.0. The molecule has 0 radical (unpaired) electrons. The van der Waals surface area contributed by atoms with Crippen LogP contribution in [0.4, 0.5) is 0 Å². The number of carbonyl (C=O) groups excluding carboxylic acids is 1. The van der Waals surface area contributed by atoms with E-state index in [9.17, 15) is 4.79 Å². The molecule has 2 saturated carbocycles. The molecule has 0 heterocycles. The molecular formula is C15H20O3. The summed E-state index contributed by atoms with van der Waals surface area (Å²) in [6, 6.07) is 0. The van der Waals surface area contributed by atoms with Gasteiger partial charge >= 0.3 is 5.97 Å². The second-order valence-corrected chi connectivity index (χ2v) is 5.80. The van der Waals surface area contributed by atoms with Gasteiger partial charge in [0, 0.05) is 6.08 Å². The molecule has 2 fully saturated rings. The van der Waals surface area contributed by atoms with Gasteiger partial charge in [0.1, 0.15) is 0 Å². The lowest BCUT2D eigenvalue weighted by atomic mass is 9.60. The topological polar surface area (TPSA) is 35.5 Å². The highest BCUT2D eigenvalue weighted by Crippen LogP contribution is 2.51. The van der Waals surface area contributed by atoms with Crippen LogP contribution in [0.2, 0.25) is 0 Å². The number of carbonyl (C=O) groups is 1. The minimum atomic E-state index is -0.487. The molecule has 5 atom stereocenters. The van der Waals surface area contributed by atoms with Gasteiger partial charge in [-0.25, -0.2) is 4.79 Å². The molecular weight excluding hydrogens is 228 g/mol. The van der Waals surface area contributed by atoms with Crippen molar-refractivity contribution in [3.63, 3.8) is 0 Å². The number of esters is 1. The first-order valence-electron chi connectivity index (χ1n) is 6.84. The minimum Gasteiger partial charge on any atom is -0.433 e. The molecule has 0 aromatic heterocycles. The van der Waals surface area contributed by atoms with Crippen LogP contribution in [0.15, 0.2) is 24.3 Å². The molecule has 0 saturated heterocycles. The molecule has 18 heavy (non-hydrogen) atoms. The van der Waals surface area contributed by atoms with Crippen LogP contribution in [-0.4, -0.2) is 18.4 Å². The van der Waals surface area contributed by atoms with Crippen LogP contribution in [0.1, 0.15) is 32.6 Å². The summed E-state index contributed by atoms with van der Waals surface area (Å²) in [5.41, 5.74) is 1.44. The van der Waals surface area contributed by atoms with Gasteiger partial charge in [0.2, 0.25) is 6.29 Å². The summed E-state index contributed by atoms with van der Waals surface area (Å²) in [4.78, 5) is 11.1. The summed E-state index contributed by atoms with van der Waals surface area (Å²) in [6.07, 6.45) is 8.33. The molecule has 3 heteroatoms. The Bertz CT molecular complexity index is 399. The van der Waals surface area contributed by atoms with Crippen LogP contribution >= 0.6 is 0 Å². The number of hydrogen-bond acceptors (Lipinski definition) is 3. The van der Waals surface area contributed by atoms with Crippen molar-refractivity contribution in [2.24, 2.45) is 17.8 Å². The van der Waals surface area contributed by atoms with Crippen molar-refractivity contribution < 1.29 is 14.3 Å². The first kappa shape index (κ1) is 12.0. The molecule has 0 amide bonds. The lowest BCUT2D eigenvalue weighted by Gasteiger charge is -2.49. The monoisotopic (exact) mass is 248 g/mol. The summed E-state index contributed by atoms with van der Waals surface area (Å²) in [6.45, 7) is 5.18. The molecule has 98 valence electrons. The maximum atomic E-state index is 11.1. The Morgan fingerprint density at radius 3 is 3.00 bits per heavy atom. The van der Waals surface area contributed by atoms with Crippen molar-refractivity contribution in [3.05, 3.63) is 24.3 Å². The smallest absolute Gasteiger partial charge is 0.332 e. The van der Waals surface area contributed by atoms with Gasteiger partial charge in [-0.15, -0.1) is 0 Å². The van der Waals surface area contributed by atoms with E-state index >= 15 is 0 Å². The first-order chi connectivity index (χ1) is 8.65. The first-order valence-corrected chi connectivity index (χ1v) is 6.84. The lowest BCUT2D eigenvalue weighted by molar-refractivity contribution is -0.186. The van der Waals surface area contributed by atoms with Crippen molar-refractivity contribution in [1.82, 2.24) is 0 Å². The van der Waals surface area contributed by atoms with Crippen LogP contribution in [-0.2, 0) is 14.3 Å². The van der Waals surface area contributed by atoms with Crippen molar-refractivity contribution in [2.45, 2.75) is 45.0 Å². The third-order valence-electron chi connectivity index (χ3n) is 4.43. The third kappa shape index (κ3) is 2.12. The maximum absolute atomic E-state index is 11.1.